The maximum Gasteiger partial charge on any atom is 0.274 e. The highest BCUT2D eigenvalue weighted by atomic mass is 16.5. The van der Waals surface area contributed by atoms with Crippen molar-refractivity contribution >= 4 is 22.8 Å². The van der Waals surface area contributed by atoms with E-state index in [9.17, 15) is 9.59 Å². The number of hydrogen-bond donors (Lipinski definition) is 1. The minimum atomic E-state index is -0.225. The SMILES string of the molecule is COCc1cc2c(cc1C=O)[nH]c(=O)c1cnc(C3CCOC3)n12. The fraction of sp³-hybridized carbons (Fsp3) is 0.353. The quantitative estimate of drug-likeness (QED) is 0.736. The number of carbonyl (C=O) groups excluding carboxylic acids is 1. The number of fused-ring (bicyclic) bond motifs is 3. The summed E-state index contributed by atoms with van der Waals surface area (Å²) in [5, 5.41) is 0. The number of imidazole rings is 1. The smallest absolute Gasteiger partial charge is 0.274 e. The Kier molecular flexibility index (Phi) is 3.66. The summed E-state index contributed by atoms with van der Waals surface area (Å²) in [5.41, 5.74) is 2.96. The largest absolute Gasteiger partial charge is 0.381 e. The highest BCUT2D eigenvalue weighted by Crippen LogP contribution is 2.27. The molecule has 1 atom stereocenters. The Hall–Kier alpha value is -2.51. The number of methoxy groups -OCH3 is 1. The van der Waals surface area contributed by atoms with Crippen molar-refractivity contribution in [2.75, 3.05) is 20.3 Å². The Labute approximate surface area is 137 Å². The van der Waals surface area contributed by atoms with Gasteiger partial charge >= 0.3 is 0 Å². The fourth-order valence-corrected chi connectivity index (χ4v) is 3.32. The maximum atomic E-state index is 12.4. The van der Waals surface area contributed by atoms with Crippen molar-refractivity contribution in [2.45, 2.75) is 18.9 Å². The summed E-state index contributed by atoms with van der Waals surface area (Å²) in [7, 11) is 1.58. The van der Waals surface area contributed by atoms with Crippen LogP contribution in [0.2, 0.25) is 0 Å². The number of carbonyl (C=O) groups is 1. The number of nitrogens with zero attached hydrogens (tertiary/aromatic N) is 2. The van der Waals surface area contributed by atoms with Gasteiger partial charge in [-0.1, -0.05) is 0 Å². The number of aromatic amines is 1. The van der Waals surface area contributed by atoms with E-state index in [0.717, 1.165) is 29.6 Å². The first kappa shape index (κ1) is 15.0. The predicted octanol–water partition coefficient (Wildman–Crippen LogP) is 1.64. The number of rotatable bonds is 4. The molecule has 2 aromatic heterocycles. The van der Waals surface area contributed by atoms with Crippen LogP contribution in [0.5, 0.6) is 0 Å². The van der Waals surface area contributed by atoms with Crippen molar-refractivity contribution in [1.29, 1.82) is 0 Å². The molecule has 1 fully saturated rings. The van der Waals surface area contributed by atoms with Crippen LogP contribution in [0.15, 0.2) is 23.1 Å². The summed E-state index contributed by atoms with van der Waals surface area (Å²) in [6, 6.07) is 3.57. The molecule has 1 aromatic carbocycles. The van der Waals surface area contributed by atoms with Crippen LogP contribution in [0.4, 0.5) is 0 Å². The molecule has 3 heterocycles. The number of nitrogens with one attached hydrogen (secondary N) is 1. The van der Waals surface area contributed by atoms with Gasteiger partial charge in [-0.3, -0.25) is 14.0 Å². The van der Waals surface area contributed by atoms with E-state index in [0.29, 0.717) is 36.4 Å². The summed E-state index contributed by atoms with van der Waals surface area (Å²) in [6.45, 7) is 1.62. The van der Waals surface area contributed by atoms with Crippen LogP contribution in [0, 0.1) is 0 Å². The monoisotopic (exact) mass is 327 g/mol. The second kappa shape index (κ2) is 5.85. The molecule has 0 bridgehead atoms. The standard InChI is InChI=1S/C17H17N3O4/c1-23-8-12-5-14-13(4-11(12)7-21)19-17(22)15-6-18-16(20(14)15)10-2-3-24-9-10/h4-7,10H,2-3,8-9H2,1H3,(H,19,22). The highest BCUT2D eigenvalue weighted by molar-refractivity contribution is 5.88. The van der Waals surface area contributed by atoms with Crippen molar-refractivity contribution in [3.63, 3.8) is 0 Å². The van der Waals surface area contributed by atoms with Crippen LogP contribution >= 0.6 is 0 Å². The molecular weight excluding hydrogens is 310 g/mol. The van der Waals surface area contributed by atoms with Gasteiger partial charge in [-0.15, -0.1) is 0 Å². The number of H-pyrrole nitrogens is 1. The van der Waals surface area contributed by atoms with Gasteiger partial charge in [0.25, 0.3) is 5.56 Å². The van der Waals surface area contributed by atoms with Crippen molar-refractivity contribution in [1.82, 2.24) is 14.4 Å². The molecule has 1 saturated heterocycles. The summed E-state index contributed by atoms with van der Waals surface area (Å²) >= 11 is 0. The second-order valence-electron chi connectivity index (χ2n) is 5.97. The minimum absolute atomic E-state index is 0.161. The zero-order chi connectivity index (χ0) is 16.7. The first-order valence-corrected chi connectivity index (χ1v) is 7.81. The van der Waals surface area contributed by atoms with E-state index in [1.165, 1.54) is 0 Å². The van der Waals surface area contributed by atoms with Crippen molar-refractivity contribution < 1.29 is 14.3 Å². The number of hydrogen-bond acceptors (Lipinski definition) is 5. The molecular formula is C17H17N3O4. The molecule has 0 spiro atoms. The molecule has 1 aliphatic rings. The summed E-state index contributed by atoms with van der Waals surface area (Å²) in [6.07, 6.45) is 3.25. The van der Waals surface area contributed by atoms with Gasteiger partial charge in [0.15, 0.2) is 0 Å². The van der Waals surface area contributed by atoms with Gasteiger partial charge in [0.1, 0.15) is 17.6 Å². The van der Waals surface area contributed by atoms with Crippen LogP contribution < -0.4 is 5.56 Å². The topological polar surface area (TPSA) is 85.7 Å². The molecule has 1 aliphatic heterocycles. The first-order chi connectivity index (χ1) is 11.7. The van der Waals surface area contributed by atoms with Crippen molar-refractivity contribution in [3.8, 4) is 0 Å². The Morgan fingerprint density at radius 1 is 1.46 bits per heavy atom. The van der Waals surface area contributed by atoms with E-state index < -0.39 is 0 Å². The van der Waals surface area contributed by atoms with Crippen LogP contribution in [0.3, 0.4) is 0 Å². The zero-order valence-electron chi connectivity index (χ0n) is 13.2. The van der Waals surface area contributed by atoms with Gasteiger partial charge in [0.05, 0.1) is 30.4 Å². The molecule has 24 heavy (non-hydrogen) atoms. The molecule has 1 N–H and O–H groups in total. The van der Waals surface area contributed by atoms with E-state index >= 15 is 0 Å². The van der Waals surface area contributed by atoms with Gasteiger partial charge < -0.3 is 14.5 Å². The molecule has 0 saturated carbocycles. The zero-order valence-corrected chi connectivity index (χ0v) is 13.2. The Morgan fingerprint density at radius 2 is 2.33 bits per heavy atom. The Bertz CT molecular complexity index is 983. The highest BCUT2D eigenvalue weighted by Gasteiger charge is 2.24. The number of aromatic nitrogens is 3. The van der Waals surface area contributed by atoms with Crippen molar-refractivity contribution in [2.24, 2.45) is 0 Å². The van der Waals surface area contributed by atoms with E-state index in [1.807, 2.05) is 10.5 Å². The van der Waals surface area contributed by atoms with Crippen LogP contribution in [0.25, 0.3) is 16.6 Å². The second-order valence-corrected chi connectivity index (χ2v) is 5.97. The number of ether oxygens (including phenoxy) is 2. The summed E-state index contributed by atoms with van der Waals surface area (Å²) < 4.78 is 12.5. The number of benzene rings is 1. The molecule has 124 valence electrons. The van der Waals surface area contributed by atoms with Crippen LogP contribution in [-0.4, -0.2) is 41.0 Å². The van der Waals surface area contributed by atoms with Gasteiger partial charge in [-0.2, -0.15) is 0 Å². The third kappa shape index (κ3) is 2.24. The molecule has 1 unspecified atom stereocenters. The lowest BCUT2D eigenvalue weighted by molar-refractivity contribution is 0.111. The predicted molar refractivity (Wildman–Crippen MR) is 87.6 cm³/mol. The molecule has 7 heteroatoms. The first-order valence-electron chi connectivity index (χ1n) is 7.81. The van der Waals surface area contributed by atoms with Gasteiger partial charge in [-0.05, 0) is 24.1 Å². The van der Waals surface area contributed by atoms with E-state index in [4.69, 9.17) is 9.47 Å². The van der Waals surface area contributed by atoms with Crippen LogP contribution in [-0.2, 0) is 16.1 Å². The van der Waals surface area contributed by atoms with Gasteiger partial charge in [-0.25, -0.2) is 4.98 Å². The summed E-state index contributed by atoms with van der Waals surface area (Å²) in [4.78, 5) is 31.0. The van der Waals surface area contributed by atoms with Crippen molar-refractivity contribution in [3.05, 3.63) is 45.6 Å². The molecule has 0 amide bonds. The Balaban J connectivity index is 2.06. The van der Waals surface area contributed by atoms with Gasteiger partial charge in [0, 0.05) is 25.2 Å². The average molecular weight is 327 g/mol. The average Bonchev–Trinajstić information content (AvgIpc) is 3.24. The van der Waals surface area contributed by atoms with E-state index in [-0.39, 0.29) is 11.5 Å². The Morgan fingerprint density at radius 3 is 3.04 bits per heavy atom. The van der Waals surface area contributed by atoms with Gasteiger partial charge in [0.2, 0.25) is 0 Å². The molecule has 0 aliphatic carbocycles. The lowest BCUT2D eigenvalue weighted by Gasteiger charge is -2.12. The third-order valence-corrected chi connectivity index (χ3v) is 4.49. The summed E-state index contributed by atoms with van der Waals surface area (Å²) in [5.74, 6) is 0.981. The molecule has 7 nitrogen and oxygen atoms in total. The minimum Gasteiger partial charge on any atom is -0.381 e. The molecule has 0 radical (unpaired) electrons. The van der Waals surface area contributed by atoms with E-state index in [1.54, 1.807) is 19.4 Å². The third-order valence-electron chi connectivity index (χ3n) is 4.49. The lowest BCUT2D eigenvalue weighted by atomic mass is 10.1. The van der Waals surface area contributed by atoms with Crippen LogP contribution in [0.1, 0.15) is 34.1 Å². The number of aldehydes is 1. The van der Waals surface area contributed by atoms with E-state index in [2.05, 4.69) is 9.97 Å². The normalized spacial score (nSPS) is 17.8. The fourth-order valence-electron chi connectivity index (χ4n) is 3.32. The lowest BCUT2D eigenvalue weighted by Crippen LogP contribution is -2.13. The molecule has 3 aromatic rings. The molecule has 4 rings (SSSR count). The maximum absolute atomic E-state index is 12.4.